The maximum absolute atomic E-state index is 12.9. The van der Waals surface area contributed by atoms with Gasteiger partial charge in [-0.05, 0) is 17.9 Å². The lowest BCUT2D eigenvalue weighted by Gasteiger charge is -2.33. The van der Waals surface area contributed by atoms with E-state index in [9.17, 15) is 22.8 Å². The van der Waals surface area contributed by atoms with E-state index in [0.717, 1.165) is 21.9 Å². The van der Waals surface area contributed by atoms with Gasteiger partial charge in [-0.3, -0.25) is 9.59 Å². The third kappa shape index (κ3) is 4.26. The zero-order valence-corrected chi connectivity index (χ0v) is 18.0. The van der Waals surface area contributed by atoms with Crippen LogP contribution in [0.3, 0.4) is 0 Å². The Morgan fingerprint density at radius 2 is 1.71 bits per heavy atom. The fourth-order valence-corrected chi connectivity index (χ4v) is 4.88. The van der Waals surface area contributed by atoms with Gasteiger partial charge in [-0.15, -0.1) is 0 Å². The standard InChI is InChI=1S/C21H24N4O5S/c1-31(29,30)24-13-11-23(12-14-24)19(26)10-9-17-20(27)25(21(28)22-17)18-8-4-6-15-5-2-3-7-16(15)18/h2-8,17H,9-14H2,1H3,(H,22,28)/t17-/m0/s1. The Morgan fingerprint density at radius 3 is 2.42 bits per heavy atom. The molecular weight excluding hydrogens is 420 g/mol. The van der Waals surface area contributed by atoms with Gasteiger partial charge >= 0.3 is 6.03 Å². The molecule has 0 bridgehead atoms. The first-order valence-corrected chi connectivity index (χ1v) is 12.0. The lowest BCUT2D eigenvalue weighted by Crippen LogP contribution is -2.50. The summed E-state index contributed by atoms with van der Waals surface area (Å²) in [5, 5.41) is 4.40. The normalized spacial score (nSPS) is 20.4. The van der Waals surface area contributed by atoms with Crippen molar-refractivity contribution in [2.75, 3.05) is 37.3 Å². The summed E-state index contributed by atoms with van der Waals surface area (Å²) in [6.45, 7) is 1.16. The number of piperazine rings is 1. The van der Waals surface area contributed by atoms with Crippen molar-refractivity contribution in [1.82, 2.24) is 14.5 Å². The van der Waals surface area contributed by atoms with Crippen molar-refractivity contribution >= 4 is 44.3 Å². The SMILES string of the molecule is CS(=O)(=O)N1CCN(C(=O)CC[C@@H]2NC(=O)N(c3cccc4ccccc34)C2=O)CC1. The molecule has 2 aromatic carbocycles. The van der Waals surface area contributed by atoms with Crippen LogP contribution < -0.4 is 10.2 Å². The Balaban J connectivity index is 1.39. The number of hydrogen-bond acceptors (Lipinski definition) is 5. The Kier molecular flexibility index (Phi) is 5.67. The molecule has 0 aliphatic carbocycles. The molecule has 2 aliphatic rings. The molecule has 2 saturated heterocycles. The van der Waals surface area contributed by atoms with E-state index in [-0.39, 0.29) is 37.7 Å². The van der Waals surface area contributed by atoms with Gasteiger partial charge in [-0.2, -0.15) is 4.31 Å². The van der Waals surface area contributed by atoms with Gasteiger partial charge in [0.1, 0.15) is 6.04 Å². The average molecular weight is 445 g/mol. The molecular formula is C21H24N4O5S. The second kappa shape index (κ2) is 8.27. The molecule has 31 heavy (non-hydrogen) atoms. The van der Waals surface area contributed by atoms with Crippen molar-refractivity contribution in [2.45, 2.75) is 18.9 Å². The highest BCUT2D eigenvalue weighted by Crippen LogP contribution is 2.29. The topological polar surface area (TPSA) is 107 Å². The summed E-state index contributed by atoms with van der Waals surface area (Å²) >= 11 is 0. The predicted octanol–water partition coefficient (Wildman–Crippen LogP) is 1.15. The van der Waals surface area contributed by atoms with E-state index < -0.39 is 22.1 Å². The van der Waals surface area contributed by atoms with Gasteiger partial charge in [-0.1, -0.05) is 36.4 Å². The van der Waals surface area contributed by atoms with Crippen LogP contribution in [-0.2, 0) is 19.6 Å². The van der Waals surface area contributed by atoms with Crippen molar-refractivity contribution in [3.63, 3.8) is 0 Å². The molecule has 2 fully saturated rings. The minimum Gasteiger partial charge on any atom is -0.340 e. The first-order chi connectivity index (χ1) is 14.8. The van der Waals surface area contributed by atoms with Crippen molar-refractivity contribution in [2.24, 2.45) is 0 Å². The van der Waals surface area contributed by atoms with Gasteiger partial charge in [0.05, 0.1) is 11.9 Å². The van der Waals surface area contributed by atoms with Crippen LogP contribution >= 0.6 is 0 Å². The Labute approximate surface area is 180 Å². The van der Waals surface area contributed by atoms with Crippen LogP contribution in [0.15, 0.2) is 42.5 Å². The zero-order valence-electron chi connectivity index (χ0n) is 17.2. The number of rotatable bonds is 5. The number of carbonyl (C=O) groups is 3. The number of hydrogen-bond donors (Lipinski definition) is 1. The number of urea groups is 1. The first-order valence-electron chi connectivity index (χ1n) is 10.1. The molecule has 0 saturated carbocycles. The highest BCUT2D eigenvalue weighted by molar-refractivity contribution is 7.88. The van der Waals surface area contributed by atoms with Crippen molar-refractivity contribution < 1.29 is 22.8 Å². The summed E-state index contributed by atoms with van der Waals surface area (Å²) in [4.78, 5) is 40.8. The molecule has 4 amide bonds. The van der Waals surface area contributed by atoms with Gasteiger partial charge in [0.2, 0.25) is 15.9 Å². The fourth-order valence-electron chi connectivity index (χ4n) is 4.05. The third-order valence-electron chi connectivity index (χ3n) is 5.73. The molecule has 0 spiro atoms. The second-order valence-electron chi connectivity index (χ2n) is 7.76. The first kappa shape index (κ1) is 21.3. The monoisotopic (exact) mass is 444 g/mol. The molecule has 164 valence electrons. The smallest absolute Gasteiger partial charge is 0.329 e. The van der Waals surface area contributed by atoms with Gasteiger partial charge in [0.25, 0.3) is 5.91 Å². The molecule has 0 unspecified atom stereocenters. The second-order valence-corrected chi connectivity index (χ2v) is 9.74. The average Bonchev–Trinajstić information content (AvgIpc) is 3.04. The maximum Gasteiger partial charge on any atom is 0.329 e. The van der Waals surface area contributed by atoms with Crippen molar-refractivity contribution in [1.29, 1.82) is 0 Å². The van der Waals surface area contributed by atoms with Crippen LogP contribution in [0.25, 0.3) is 10.8 Å². The highest BCUT2D eigenvalue weighted by atomic mass is 32.2. The summed E-state index contributed by atoms with van der Waals surface area (Å²) in [6.07, 6.45) is 1.44. The predicted molar refractivity (Wildman–Crippen MR) is 116 cm³/mol. The van der Waals surface area contributed by atoms with Gasteiger partial charge in [-0.25, -0.2) is 18.1 Å². The summed E-state index contributed by atoms with van der Waals surface area (Å²) < 4.78 is 24.5. The highest BCUT2D eigenvalue weighted by Gasteiger charge is 2.40. The number of fused-ring (bicyclic) bond motifs is 1. The fraction of sp³-hybridized carbons (Fsp3) is 0.381. The molecule has 1 atom stereocenters. The lowest BCUT2D eigenvalue weighted by molar-refractivity contribution is -0.132. The van der Waals surface area contributed by atoms with Gasteiger partial charge in [0, 0.05) is 38.0 Å². The molecule has 0 radical (unpaired) electrons. The molecule has 9 nitrogen and oxygen atoms in total. The van der Waals surface area contributed by atoms with Gasteiger partial charge in [0.15, 0.2) is 0 Å². The van der Waals surface area contributed by atoms with E-state index in [2.05, 4.69) is 5.32 Å². The van der Waals surface area contributed by atoms with Crippen molar-refractivity contribution in [3.05, 3.63) is 42.5 Å². The van der Waals surface area contributed by atoms with E-state index >= 15 is 0 Å². The van der Waals surface area contributed by atoms with E-state index in [1.54, 1.807) is 17.0 Å². The number of amides is 4. The largest absolute Gasteiger partial charge is 0.340 e. The number of anilines is 1. The molecule has 2 heterocycles. The quantitative estimate of drug-likeness (QED) is 0.696. The molecule has 4 rings (SSSR count). The minimum atomic E-state index is -3.26. The van der Waals surface area contributed by atoms with Crippen molar-refractivity contribution in [3.8, 4) is 0 Å². The Hall–Kier alpha value is -2.98. The third-order valence-corrected chi connectivity index (χ3v) is 7.04. The van der Waals surface area contributed by atoms with Crippen LogP contribution in [0.4, 0.5) is 10.5 Å². The number of nitrogens with zero attached hydrogens (tertiary/aromatic N) is 3. The summed E-state index contributed by atoms with van der Waals surface area (Å²) in [5.74, 6) is -0.533. The molecule has 2 aromatic rings. The summed E-state index contributed by atoms with van der Waals surface area (Å²) in [5.41, 5.74) is 0.520. The number of nitrogens with one attached hydrogen (secondary N) is 1. The maximum atomic E-state index is 12.9. The molecule has 0 aromatic heterocycles. The molecule has 2 aliphatic heterocycles. The Morgan fingerprint density at radius 1 is 1.03 bits per heavy atom. The molecule has 10 heteroatoms. The zero-order chi connectivity index (χ0) is 22.2. The summed E-state index contributed by atoms with van der Waals surface area (Å²) in [7, 11) is -3.26. The molecule has 1 N–H and O–H groups in total. The number of imide groups is 1. The van der Waals surface area contributed by atoms with Crippen LogP contribution in [0.1, 0.15) is 12.8 Å². The van der Waals surface area contributed by atoms with E-state index in [1.165, 1.54) is 4.31 Å². The van der Waals surface area contributed by atoms with Crippen LogP contribution in [0, 0.1) is 0 Å². The number of carbonyl (C=O) groups excluding carboxylic acids is 3. The van der Waals surface area contributed by atoms with Crippen LogP contribution in [-0.4, -0.2) is 73.9 Å². The van der Waals surface area contributed by atoms with Crippen LogP contribution in [0.5, 0.6) is 0 Å². The number of sulfonamides is 1. The lowest BCUT2D eigenvalue weighted by atomic mass is 10.1. The van der Waals surface area contributed by atoms with E-state index in [1.807, 2.05) is 30.3 Å². The van der Waals surface area contributed by atoms with Crippen LogP contribution in [0.2, 0.25) is 0 Å². The van der Waals surface area contributed by atoms with Gasteiger partial charge < -0.3 is 10.2 Å². The minimum absolute atomic E-state index is 0.0962. The van der Waals surface area contributed by atoms with E-state index in [0.29, 0.717) is 18.8 Å². The Bertz CT molecular complexity index is 1140. The van der Waals surface area contributed by atoms with E-state index in [4.69, 9.17) is 0 Å². The number of benzene rings is 2. The summed E-state index contributed by atoms with van der Waals surface area (Å²) in [6, 6.07) is 11.7.